The molecular formula is C25H37N5O. The van der Waals surface area contributed by atoms with Gasteiger partial charge in [-0.3, -0.25) is 9.48 Å². The number of rotatable bonds is 8. The van der Waals surface area contributed by atoms with Crippen molar-refractivity contribution in [3.05, 3.63) is 48.0 Å². The highest BCUT2D eigenvalue weighted by molar-refractivity contribution is 5.76. The van der Waals surface area contributed by atoms with E-state index in [2.05, 4.69) is 51.5 Å². The fourth-order valence-corrected chi connectivity index (χ4v) is 5.39. The van der Waals surface area contributed by atoms with Crippen molar-refractivity contribution in [2.24, 2.45) is 0 Å². The molecule has 168 valence electrons. The summed E-state index contributed by atoms with van der Waals surface area (Å²) in [5, 5.41) is 7.34. The van der Waals surface area contributed by atoms with E-state index >= 15 is 0 Å². The van der Waals surface area contributed by atoms with Crippen LogP contribution in [0.5, 0.6) is 0 Å². The van der Waals surface area contributed by atoms with Gasteiger partial charge in [0.25, 0.3) is 0 Å². The van der Waals surface area contributed by atoms with E-state index in [1.54, 1.807) is 11.0 Å². The fraction of sp³-hybridized carbons (Fsp3) is 0.640. The van der Waals surface area contributed by atoms with Gasteiger partial charge in [0, 0.05) is 44.1 Å². The molecule has 1 saturated carbocycles. The third-order valence-corrected chi connectivity index (χ3v) is 7.21. The van der Waals surface area contributed by atoms with Crippen molar-refractivity contribution in [3.63, 3.8) is 0 Å². The lowest BCUT2D eigenvalue weighted by molar-refractivity contribution is -0.122. The van der Waals surface area contributed by atoms with Gasteiger partial charge in [0.1, 0.15) is 12.7 Å². The quantitative estimate of drug-likeness (QED) is 0.701. The van der Waals surface area contributed by atoms with Crippen molar-refractivity contribution in [3.8, 4) is 0 Å². The first kappa shape index (κ1) is 22.0. The molecule has 2 aromatic rings. The van der Waals surface area contributed by atoms with E-state index in [1.165, 1.54) is 49.6 Å². The fourth-order valence-electron chi connectivity index (χ4n) is 5.39. The number of piperidine rings is 1. The number of aromatic nitrogens is 3. The van der Waals surface area contributed by atoms with Crippen LogP contribution in [0, 0.1) is 6.92 Å². The van der Waals surface area contributed by atoms with E-state index in [9.17, 15) is 4.79 Å². The van der Waals surface area contributed by atoms with Gasteiger partial charge < -0.3 is 10.2 Å². The van der Waals surface area contributed by atoms with Crippen LogP contribution < -0.4 is 5.32 Å². The number of amides is 1. The summed E-state index contributed by atoms with van der Waals surface area (Å²) in [4.78, 5) is 18.9. The third-order valence-electron chi connectivity index (χ3n) is 7.21. The second-order valence-corrected chi connectivity index (χ2v) is 9.59. The van der Waals surface area contributed by atoms with Crippen LogP contribution in [0.3, 0.4) is 0 Å². The minimum atomic E-state index is 0.168. The second kappa shape index (κ2) is 10.4. The summed E-state index contributed by atoms with van der Waals surface area (Å²) in [6.07, 6.45) is 13.4. The lowest BCUT2D eigenvalue weighted by atomic mass is 9.69. The average Bonchev–Trinajstić information content (AvgIpc) is 3.30. The Bertz CT molecular complexity index is 803. The molecule has 2 fully saturated rings. The van der Waals surface area contributed by atoms with Crippen LogP contribution in [-0.2, 0) is 16.8 Å². The van der Waals surface area contributed by atoms with E-state index in [1.807, 2.05) is 0 Å². The molecule has 1 amide bonds. The molecule has 1 aromatic carbocycles. The van der Waals surface area contributed by atoms with Crippen LogP contribution in [0.15, 0.2) is 36.9 Å². The highest BCUT2D eigenvalue weighted by Gasteiger charge is 2.36. The molecule has 0 spiro atoms. The lowest BCUT2D eigenvalue weighted by Crippen LogP contribution is -2.49. The summed E-state index contributed by atoms with van der Waals surface area (Å²) in [5.41, 5.74) is 3.18. The Balaban J connectivity index is 1.24. The highest BCUT2D eigenvalue weighted by Crippen LogP contribution is 2.40. The topological polar surface area (TPSA) is 63.1 Å². The predicted octanol–water partition coefficient (Wildman–Crippen LogP) is 3.85. The molecule has 6 nitrogen and oxygen atoms in total. The molecule has 1 aromatic heterocycles. The van der Waals surface area contributed by atoms with Crippen molar-refractivity contribution < 1.29 is 4.79 Å². The smallest absolute Gasteiger partial charge is 0.220 e. The Morgan fingerprint density at radius 1 is 1.13 bits per heavy atom. The lowest BCUT2D eigenvalue weighted by Gasteiger charge is -2.44. The minimum Gasteiger partial charge on any atom is -0.353 e. The van der Waals surface area contributed by atoms with Gasteiger partial charge in [-0.25, -0.2) is 4.98 Å². The van der Waals surface area contributed by atoms with Gasteiger partial charge in [0.2, 0.25) is 5.91 Å². The van der Waals surface area contributed by atoms with Crippen LogP contribution in [0.2, 0.25) is 0 Å². The first-order chi connectivity index (χ1) is 15.1. The largest absolute Gasteiger partial charge is 0.353 e. The van der Waals surface area contributed by atoms with Crippen molar-refractivity contribution in [2.45, 2.75) is 82.7 Å². The zero-order valence-corrected chi connectivity index (χ0v) is 18.9. The summed E-state index contributed by atoms with van der Waals surface area (Å²) in [5.74, 6) is 0.168. The van der Waals surface area contributed by atoms with Crippen LogP contribution in [-0.4, -0.2) is 51.2 Å². The van der Waals surface area contributed by atoms with E-state index in [-0.39, 0.29) is 5.91 Å². The van der Waals surface area contributed by atoms with Crippen LogP contribution in [0.4, 0.5) is 0 Å². The Kier molecular flexibility index (Phi) is 7.38. The number of nitrogens with one attached hydrogen (secondary N) is 1. The van der Waals surface area contributed by atoms with Crippen molar-refractivity contribution in [2.75, 3.05) is 19.6 Å². The van der Waals surface area contributed by atoms with Crippen molar-refractivity contribution in [1.82, 2.24) is 25.0 Å². The zero-order valence-electron chi connectivity index (χ0n) is 18.9. The van der Waals surface area contributed by atoms with Gasteiger partial charge in [-0.2, -0.15) is 5.10 Å². The van der Waals surface area contributed by atoms with E-state index in [0.29, 0.717) is 17.9 Å². The van der Waals surface area contributed by atoms with Crippen molar-refractivity contribution >= 4 is 5.91 Å². The summed E-state index contributed by atoms with van der Waals surface area (Å²) in [7, 11) is 0. The van der Waals surface area contributed by atoms with Crippen LogP contribution >= 0.6 is 0 Å². The molecule has 2 aliphatic rings. The zero-order chi connectivity index (χ0) is 21.5. The predicted molar refractivity (Wildman–Crippen MR) is 123 cm³/mol. The molecule has 2 heterocycles. The molecule has 0 radical (unpaired) electrons. The van der Waals surface area contributed by atoms with E-state index in [4.69, 9.17) is 0 Å². The second-order valence-electron chi connectivity index (χ2n) is 9.59. The summed E-state index contributed by atoms with van der Waals surface area (Å²) >= 11 is 0. The summed E-state index contributed by atoms with van der Waals surface area (Å²) in [6.45, 7) is 6.24. The molecule has 1 N–H and O–H groups in total. The van der Waals surface area contributed by atoms with Gasteiger partial charge in [-0.15, -0.1) is 0 Å². The number of benzene rings is 1. The van der Waals surface area contributed by atoms with Gasteiger partial charge in [-0.05, 0) is 44.6 Å². The van der Waals surface area contributed by atoms with Gasteiger partial charge in [-0.1, -0.05) is 49.1 Å². The molecule has 0 unspecified atom stereocenters. The standard InChI is InChI=1S/C25H37N5O/c1-21-7-9-22(10-8-21)25(13-3-2-4-14-25)18-29-16-11-23(12-17-29)28-24(31)6-5-15-30-20-26-19-27-30/h7-10,19-20,23H,2-6,11-18H2,1H3,(H,28,31). The van der Waals surface area contributed by atoms with Crippen LogP contribution in [0.25, 0.3) is 0 Å². The Morgan fingerprint density at radius 2 is 1.87 bits per heavy atom. The number of likely N-dealkylation sites (tertiary alicyclic amines) is 1. The maximum Gasteiger partial charge on any atom is 0.220 e. The molecule has 0 bridgehead atoms. The molecule has 31 heavy (non-hydrogen) atoms. The molecule has 0 atom stereocenters. The summed E-state index contributed by atoms with van der Waals surface area (Å²) < 4.78 is 1.78. The maximum absolute atomic E-state index is 12.3. The number of nitrogens with zero attached hydrogens (tertiary/aromatic N) is 4. The van der Waals surface area contributed by atoms with Gasteiger partial charge in [0.05, 0.1) is 0 Å². The SMILES string of the molecule is Cc1ccc(C2(CN3CCC(NC(=O)CCCn4cncn4)CC3)CCCCC2)cc1. The molecule has 1 aliphatic heterocycles. The average molecular weight is 424 g/mol. The number of carbonyl (C=O) groups is 1. The molecular weight excluding hydrogens is 386 g/mol. The number of hydrogen-bond donors (Lipinski definition) is 1. The minimum absolute atomic E-state index is 0.168. The molecule has 1 aliphatic carbocycles. The Labute approximate surface area is 186 Å². The van der Waals surface area contributed by atoms with Gasteiger partial charge in [0.15, 0.2) is 0 Å². The van der Waals surface area contributed by atoms with E-state index in [0.717, 1.165) is 45.4 Å². The normalized spacial score (nSPS) is 19.9. The molecule has 1 saturated heterocycles. The van der Waals surface area contributed by atoms with Gasteiger partial charge >= 0.3 is 0 Å². The molecule has 6 heteroatoms. The van der Waals surface area contributed by atoms with E-state index < -0.39 is 0 Å². The van der Waals surface area contributed by atoms with Crippen molar-refractivity contribution in [1.29, 1.82) is 0 Å². The van der Waals surface area contributed by atoms with Crippen LogP contribution in [0.1, 0.15) is 68.9 Å². The highest BCUT2D eigenvalue weighted by atomic mass is 16.1. The first-order valence-electron chi connectivity index (χ1n) is 12.0. The Hall–Kier alpha value is -2.21. The maximum atomic E-state index is 12.3. The Morgan fingerprint density at radius 3 is 2.55 bits per heavy atom. The monoisotopic (exact) mass is 423 g/mol. The summed E-state index contributed by atoms with van der Waals surface area (Å²) in [6, 6.07) is 9.60. The third kappa shape index (κ3) is 5.94. The molecule has 4 rings (SSSR count). The number of carbonyl (C=O) groups excluding carboxylic acids is 1. The number of aryl methyl sites for hydroxylation is 2. The first-order valence-corrected chi connectivity index (χ1v) is 12.0. The number of hydrogen-bond acceptors (Lipinski definition) is 4.